The van der Waals surface area contributed by atoms with E-state index in [-0.39, 0.29) is 18.4 Å². The Morgan fingerprint density at radius 2 is 1.71 bits per heavy atom. The maximum atomic E-state index is 12.7. The Balaban J connectivity index is 1.57. The van der Waals surface area contributed by atoms with Gasteiger partial charge in [0.15, 0.2) is 0 Å². The fraction of sp³-hybridized carbons (Fsp3) is 0.333. The maximum Gasteiger partial charge on any atom is 0.253 e. The van der Waals surface area contributed by atoms with Gasteiger partial charge in [0.05, 0.1) is 6.54 Å². The molecule has 1 aliphatic rings. The smallest absolute Gasteiger partial charge is 0.253 e. The number of amides is 2. The lowest BCUT2D eigenvalue weighted by Crippen LogP contribution is -2.37. The average Bonchev–Trinajstić information content (AvgIpc) is 2.66. The monoisotopic (exact) mass is 419 g/mol. The van der Waals surface area contributed by atoms with Gasteiger partial charge >= 0.3 is 0 Å². The summed E-state index contributed by atoms with van der Waals surface area (Å²) in [7, 11) is 0. The van der Waals surface area contributed by atoms with Crippen molar-refractivity contribution in [3.8, 4) is 0 Å². The van der Waals surface area contributed by atoms with Gasteiger partial charge in [0, 0.05) is 40.1 Å². The number of nitrogens with zero attached hydrogens (tertiary/aromatic N) is 1. The van der Waals surface area contributed by atoms with E-state index >= 15 is 0 Å². The van der Waals surface area contributed by atoms with Crippen LogP contribution in [0.25, 0.3) is 0 Å². The third-order valence-corrected chi connectivity index (χ3v) is 5.22. The van der Waals surface area contributed by atoms with Crippen LogP contribution in [0.15, 0.2) is 42.5 Å². The van der Waals surface area contributed by atoms with Crippen LogP contribution >= 0.6 is 23.2 Å². The molecule has 1 saturated heterocycles. The van der Waals surface area contributed by atoms with E-state index in [4.69, 9.17) is 23.2 Å². The first-order valence-electron chi connectivity index (χ1n) is 9.30. The van der Waals surface area contributed by atoms with Gasteiger partial charge < -0.3 is 15.5 Å². The molecular weight excluding hydrogens is 397 g/mol. The molecule has 148 valence electrons. The van der Waals surface area contributed by atoms with Crippen LogP contribution in [-0.2, 0) is 4.79 Å². The Labute approximate surface area is 175 Å². The number of hydrogen-bond donors (Lipinski definition) is 2. The maximum absolute atomic E-state index is 12.7. The highest BCUT2D eigenvalue weighted by atomic mass is 35.5. The Bertz CT molecular complexity index is 844. The molecule has 28 heavy (non-hydrogen) atoms. The van der Waals surface area contributed by atoms with E-state index in [1.807, 2.05) is 17.0 Å². The van der Waals surface area contributed by atoms with Crippen molar-refractivity contribution in [3.05, 3.63) is 58.1 Å². The average molecular weight is 420 g/mol. The molecule has 0 spiro atoms. The summed E-state index contributed by atoms with van der Waals surface area (Å²) in [6.07, 6.45) is 2.08. The van der Waals surface area contributed by atoms with Crippen molar-refractivity contribution in [2.75, 3.05) is 30.3 Å². The molecule has 0 atom stereocenters. The molecular formula is C21H23Cl2N3O2. The van der Waals surface area contributed by atoms with Gasteiger partial charge in [0.1, 0.15) is 0 Å². The van der Waals surface area contributed by atoms with Gasteiger partial charge in [0.25, 0.3) is 5.91 Å². The highest BCUT2D eigenvalue weighted by Gasteiger charge is 2.21. The topological polar surface area (TPSA) is 61.4 Å². The highest BCUT2D eigenvalue weighted by Crippen LogP contribution is 2.22. The van der Waals surface area contributed by atoms with E-state index in [0.29, 0.717) is 27.2 Å². The van der Waals surface area contributed by atoms with Gasteiger partial charge in [-0.25, -0.2) is 0 Å². The molecule has 1 heterocycles. The second kappa shape index (κ2) is 9.30. The summed E-state index contributed by atoms with van der Waals surface area (Å²) in [5.41, 5.74) is 1.88. The van der Waals surface area contributed by atoms with E-state index in [2.05, 4.69) is 17.6 Å². The first-order chi connectivity index (χ1) is 13.4. The van der Waals surface area contributed by atoms with Crippen molar-refractivity contribution in [2.24, 2.45) is 5.92 Å². The zero-order chi connectivity index (χ0) is 20.1. The summed E-state index contributed by atoms with van der Waals surface area (Å²) < 4.78 is 0. The molecule has 5 nitrogen and oxygen atoms in total. The molecule has 0 radical (unpaired) electrons. The lowest BCUT2D eigenvalue weighted by atomic mass is 9.98. The van der Waals surface area contributed by atoms with Crippen LogP contribution in [0.3, 0.4) is 0 Å². The van der Waals surface area contributed by atoms with Crippen molar-refractivity contribution >= 4 is 46.4 Å². The Hall–Kier alpha value is -2.24. The van der Waals surface area contributed by atoms with E-state index in [0.717, 1.165) is 31.6 Å². The number of carbonyl (C=O) groups excluding carboxylic acids is 2. The van der Waals surface area contributed by atoms with Crippen molar-refractivity contribution in [1.82, 2.24) is 4.90 Å². The van der Waals surface area contributed by atoms with Gasteiger partial charge in [-0.15, -0.1) is 0 Å². The number of nitrogens with one attached hydrogen (secondary N) is 2. The molecule has 0 saturated carbocycles. The number of halogens is 2. The molecule has 2 N–H and O–H groups in total. The molecule has 0 aliphatic carbocycles. The molecule has 0 bridgehead atoms. The lowest BCUT2D eigenvalue weighted by Gasteiger charge is -2.30. The molecule has 0 aromatic heterocycles. The summed E-state index contributed by atoms with van der Waals surface area (Å²) in [6.45, 7) is 3.86. The molecule has 1 fully saturated rings. The summed E-state index contributed by atoms with van der Waals surface area (Å²) in [5, 5.41) is 6.70. The first kappa shape index (κ1) is 20.5. The summed E-state index contributed by atoms with van der Waals surface area (Å²) >= 11 is 11.9. The van der Waals surface area contributed by atoms with Crippen molar-refractivity contribution in [2.45, 2.75) is 19.8 Å². The second-order valence-corrected chi connectivity index (χ2v) is 7.99. The van der Waals surface area contributed by atoms with E-state index in [9.17, 15) is 9.59 Å². The fourth-order valence-corrected chi connectivity index (χ4v) is 3.70. The van der Waals surface area contributed by atoms with Crippen LogP contribution in [0.5, 0.6) is 0 Å². The Morgan fingerprint density at radius 1 is 1.04 bits per heavy atom. The standard InChI is InChI=1S/C21H23Cl2N3O2/c1-14-5-7-26(8-6-14)21(28)15-3-2-4-18(9-15)24-13-20(27)25-19-11-16(22)10-17(23)12-19/h2-4,9-12,14,24H,5-8,13H2,1H3,(H,25,27). The number of benzene rings is 2. The SMILES string of the molecule is CC1CCN(C(=O)c2cccc(NCC(=O)Nc3cc(Cl)cc(Cl)c3)c2)CC1. The summed E-state index contributed by atoms with van der Waals surface area (Å²) in [4.78, 5) is 26.8. The normalized spacial score (nSPS) is 14.6. The van der Waals surface area contributed by atoms with Crippen LogP contribution in [0, 0.1) is 5.92 Å². The summed E-state index contributed by atoms with van der Waals surface area (Å²) in [6, 6.07) is 12.1. The fourth-order valence-electron chi connectivity index (χ4n) is 3.17. The zero-order valence-electron chi connectivity index (χ0n) is 15.7. The van der Waals surface area contributed by atoms with Gasteiger partial charge in [-0.05, 0) is 55.2 Å². The number of anilines is 2. The molecule has 2 amide bonds. The summed E-state index contributed by atoms with van der Waals surface area (Å²) in [5.74, 6) is 0.471. The number of carbonyl (C=O) groups is 2. The predicted octanol–water partition coefficient (Wildman–Crippen LogP) is 4.92. The quantitative estimate of drug-likeness (QED) is 0.722. The van der Waals surface area contributed by atoms with E-state index in [1.165, 1.54) is 0 Å². The van der Waals surface area contributed by atoms with E-state index < -0.39 is 0 Å². The van der Waals surface area contributed by atoms with Crippen molar-refractivity contribution < 1.29 is 9.59 Å². The predicted molar refractivity (Wildman–Crippen MR) is 114 cm³/mol. The molecule has 2 aromatic carbocycles. The number of hydrogen-bond acceptors (Lipinski definition) is 3. The van der Waals surface area contributed by atoms with Crippen LogP contribution in [0.1, 0.15) is 30.1 Å². The largest absolute Gasteiger partial charge is 0.376 e. The van der Waals surface area contributed by atoms with Crippen LogP contribution in [-0.4, -0.2) is 36.3 Å². The van der Waals surface area contributed by atoms with Gasteiger partial charge in [-0.2, -0.15) is 0 Å². The highest BCUT2D eigenvalue weighted by molar-refractivity contribution is 6.35. The third-order valence-electron chi connectivity index (χ3n) is 4.78. The third kappa shape index (κ3) is 5.63. The van der Waals surface area contributed by atoms with Crippen LogP contribution in [0.2, 0.25) is 10.0 Å². The number of rotatable bonds is 5. The van der Waals surface area contributed by atoms with Crippen LogP contribution < -0.4 is 10.6 Å². The molecule has 2 aromatic rings. The first-order valence-corrected chi connectivity index (χ1v) is 10.1. The van der Waals surface area contributed by atoms with Crippen LogP contribution in [0.4, 0.5) is 11.4 Å². The van der Waals surface area contributed by atoms with Gasteiger partial charge in [0.2, 0.25) is 5.91 Å². The Kier molecular flexibility index (Phi) is 6.81. The Morgan fingerprint density at radius 3 is 2.39 bits per heavy atom. The minimum atomic E-state index is -0.236. The van der Waals surface area contributed by atoms with Crippen molar-refractivity contribution in [1.29, 1.82) is 0 Å². The molecule has 3 rings (SSSR count). The van der Waals surface area contributed by atoms with Crippen molar-refractivity contribution in [3.63, 3.8) is 0 Å². The molecule has 7 heteroatoms. The number of piperidine rings is 1. The zero-order valence-corrected chi connectivity index (χ0v) is 17.2. The number of likely N-dealkylation sites (tertiary alicyclic amines) is 1. The second-order valence-electron chi connectivity index (χ2n) is 7.12. The van der Waals surface area contributed by atoms with Gasteiger partial charge in [-0.1, -0.05) is 36.2 Å². The lowest BCUT2D eigenvalue weighted by molar-refractivity contribution is -0.114. The minimum Gasteiger partial charge on any atom is -0.376 e. The molecule has 1 aliphatic heterocycles. The molecule has 0 unspecified atom stereocenters. The minimum absolute atomic E-state index is 0.0357. The van der Waals surface area contributed by atoms with Gasteiger partial charge in [-0.3, -0.25) is 9.59 Å². The van der Waals surface area contributed by atoms with E-state index in [1.54, 1.807) is 30.3 Å².